The van der Waals surface area contributed by atoms with Crippen LogP contribution in [0.4, 0.5) is 0 Å². The van der Waals surface area contributed by atoms with Gasteiger partial charge in [-0.3, -0.25) is 4.90 Å². The van der Waals surface area contributed by atoms with Crippen LogP contribution in [0.5, 0.6) is 0 Å². The Morgan fingerprint density at radius 3 is 2.11 bits per heavy atom. The minimum atomic E-state index is 0.0811. The van der Waals surface area contributed by atoms with E-state index >= 15 is 0 Å². The molecule has 5 fully saturated rings. The summed E-state index contributed by atoms with van der Waals surface area (Å²) in [6, 6.07) is 0. The molecule has 0 unspecified atom stereocenters. The van der Waals surface area contributed by atoms with Crippen LogP contribution in [-0.4, -0.2) is 54.5 Å². The van der Waals surface area contributed by atoms with Crippen molar-refractivity contribution in [2.75, 3.05) is 39.4 Å². The molecule has 6 aliphatic carbocycles. The predicted octanol–water partition coefficient (Wildman–Crippen LogP) is 8.35. The summed E-state index contributed by atoms with van der Waals surface area (Å²) in [4.78, 5) is 2.15. The minimum Gasteiger partial charge on any atom is -0.395 e. The van der Waals surface area contributed by atoms with Crippen LogP contribution in [0.15, 0.2) is 23.4 Å². The number of hydrogen-bond donors (Lipinski definition) is 3. The first kappa shape index (κ1) is 33.1. The summed E-state index contributed by atoms with van der Waals surface area (Å²) in [5.74, 6) is 3.69. The molecule has 6 rings (SSSR count). The van der Waals surface area contributed by atoms with E-state index in [0.29, 0.717) is 34.7 Å². The number of nitrogens with zero attached hydrogens (tertiary/aromatic N) is 1. The van der Waals surface area contributed by atoms with Crippen LogP contribution in [0.1, 0.15) is 132 Å². The lowest BCUT2D eigenvalue weighted by Gasteiger charge is -2.71. The monoisotopic (exact) mass is 609 g/mol. The Labute approximate surface area is 270 Å². The Morgan fingerprint density at radius 2 is 1.45 bits per heavy atom. The van der Waals surface area contributed by atoms with Gasteiger partial charge in [0.25, 0.3) is 0 Å². The maximum Gasteiger partial charge on any atom is 0.0558 e. The van der Waals surface area contributed by atoms with Crippen LogP contribution >= 0.6 is 0 Å². The molecule has 7 atom stereocenters. The van der Waals surface area contributed by atoms with Crippen molar-refractivity contribution in [3.63, 3.8) is 0 Å². The van der Waals surface area contributed by atoms with Gasteiger partial charge < -0.3 is 15.5 Å². The van der Waals surface area contributed by atoms with Crippen molar-refractivity contribution in [2.24, 2.45) is 56.2 Å². The topological polar surface area (TPSA) is 55.7 Å². The van der Waals surface area contributed by atoms with Crippen LogP contribution < -0.4 is 5.32 Å². The van der Waals surface area contributed by atoms with Crippen LogP contribution in [0.25, 0.3) is 0 Å². The second-order valence-corrected chi connectivity index (χ2v) is 18.8. The molecule has 0 aromatic carbocycles. The Bertz CT molecular complexity index is 1130. The molecule has 6 aliphatic rings. The van der Waals surface area contributed by atoms with Gasteiger partial charge in [-0.05, 0) is 134 Å². The molecule has 5 saturated carbocycles. The van der Waals surface area contributed by atoms with E-state index in [1.165, 1.54) is 89.2 Å². The molecule has 4 heteroatoms. The van der Waals surface area contributed by atoms with Crippen molar-refractivity contribution in [1.82, 2.24) is 10.2 Å². The van der Waals surface area contributed by atoms with Crippen molar-refractivity contribution in [1.29, 1.82) is 0 Å². The third kappa shape index (κ3) is 5.01. The van der Waals surface area contributed by atoms with Crippen molar-refractivity contribution >= 4 is 0 Å². The molecule has 44 heavy (non-hydrogen) atoms. The van der Waals surface area contributed by atoms with Gasteiger partial charge in [0.05, 0.1) is 13.2 Å². The summed E-state index contributed by atoms with van der Waals surface area (Å²) >= 11 is 0. The zero-order chi connectivity index (χ0) is 31.8. The van der Waals surface area contributed by atoms with Crippen LogP contribution in [0.3, 0.4) is 0 Å². The van der Waals surface area contributed by atoms with E-state index in [2.05, 4.69) is 58.7 Å². The largest absolute Gasteiger partial charge is 0.395 e. The van der Waals surface area contributed by atoms with E-state index in [1.54, 1.807) is 5.57 Å². The Balaban J connectivity index is 1.30. The van der Waals surface area contributed by atoms with E-state index in [1.807, 2.05) is 5.57 Å². The van der Waals surface area contributed by atoms with Crippen molar-refractivity contribution in [3.8, 4) is 0 Å². The fourth-order valence-corrected chi connectivity index (χ4v) is 13.3. The van der Waals surface area contributed by atoms with E-state index in [-0.39, 0.29) is 24.0 Å². The highest BCUT2D eigenvalue weighted by molar-refractivity contribution is 5.43. The second kappa shape index (κ2) is 11.4. The molecule has 3 N–H and O–H groups in total. The Morgan fingerprint density at radius 1 is 0.773 bits per heavy atom. The average molecular weight is 609 g/mol. The van der Waals surface area contributed by atoms with Gasteiger partial charge in [-0.15, -0.1) is 0 Å². The van der Waals surface area contributed by atoms with Crippen molar-refractivity contribution in [2.45, 2.75) is 132 Å². The molecule has 0 radical (unpaired) electrons. The molecular weight excluding hydrogens is 540 g/mol. The van der Waals surface area contributed by atoms with Crippen molar-refractivity contribution < 1.29 is 10.2 Å². The highest BCUT2D eigenvalue weighted by Crippen LogP contribution is 2.77. The fourth-order valence-electron chi connectivity index (χ4n) is 13.3. The number of aliphatic hydroxyl groups excluding tert-OH is 2. The third-order valence-electron chi connectivity index (χ3n) is 16.0. The van der Waals surface area contributed by atoms with Gasteiger partial charge in [0.1, 0.15) is 0 Å². The van der Waals surface area contributed by atoms with E-state index in [9.17, 15) is 10.2 Å². The molecule has 0 aromatic rings. The Kier molecular flexibility index (Phi) is 8.57. The maximum absolute atomic E-state index is 9.49. The molecule has 0 spiro atoms. The second-order valence-electron chi connectivity index (χ2n) is 18.8. The lowest BCUT2D eigenvalue weighted by molar-refractivity contribution is -0.194. The maximum atomic E-state index is 9.49. The predicted molar refractivity (Wildman–Crippen MR) is 183 cm³/mol. The first-order chi connectivity index (χ1) is 20.7. The summed E-state index contributed by atoms with van der Waals surface area (Å²) in [5.41, 5.74) is 6.92. The number of aliphatic hydroxyl groups is 2. The molecule has 0 bridgehead atoms. The van der Waals surface area contributed by atoms with Crippen LogP contribution in [0.2, 0.25) is 0 Å². The van der Waals surface area contributed by atoms with E-state index in [0.717, 1.165) is 36.8 Å². The van der Waals surface area contributed by atoms with Crippen molar-refractivity contribution in [3.05, 3.63) is 23.4 Å². The zero-order valence-electron chi connectivity index (χ0n) is 29.8. The normalized spacial score (nSPS) is 42.6. The molecule has 0 amide bonds. The Hall–Kier alpha value is -0.840. The first-order valence-corrected chi connectivity index (χ1v) is 18.8. The fraction of sp³-hybridized carbons (Fsp3) is 0.900. The number of nitrogens with one attached hydrogen (secondary N) is 1. The van der Waals surface area contributed by atoms with Gasteiger partial charge >= 0.3 is 0 Å². The SMILES string of the molecule is C=C(NCCN(CCO)CCO)[C@]12CCC(C)(C)CC1=C1CC[C@@H]3[C@@]4(C)CC[C@H](C5CC5)C(C)(C)[C@@H]4CC[C@@]3(C)[C@]1(C)CC2. The molecule has 0 aliphatic heterocycles. The summed E-state index contributed by atoms with van der Waals surface area (Å²) in [6.45, 7) is 26.6. The quantitative estimate of drug-likeness (QED) is 0.218. The molecule has 0 saturated heterocycles. The number of fused-ring (bicyclic) bond motifs is 6. The first-order valence-electron chi connectivity index (χ1n) is 18.8. The van der Waals surface area contributed by atoms with Crippen LogP contribution in [0, 0.1) is 56.2 Å². The highest BCUT2D eigenvalue weighted by atomic mass is 16.3. The molecular formula is C40H68N2O2. The summed E-state index contributed by atoms with van der Waals surface area (Å²) in [5, 5.41) is 22.8. The van der Waals surface area contributed by atoms with Crippen LogP contribution in [-0.2, 0) is 0 Å². The summed E-state index contributed by atoms with van der Waals surface area (Å²) < 4.78 is 0. The van der Waals surface area contributed by atoms with Gasteiger partial charge in [-0.1, -0.05) is 66.2 Å². The van der Waals surface area contributed by atoms with Gasteiger partial charge in [-0.2, -0.15) is 0 Å². The molecule has 0 heterocycles. The van der Waals surface area contributed by atoms with E-state index in [4.69, 9.17) is 6.58 Å². The van der Waals surface area contributed by atoms with Gasteiger partial charge in [0, 0.05) is 37.3 Å². The summed E-state index contributed by atoms with van der Waals surface area (Å²) in [7, 11) is 0. The highest BCUT2D eigenvalue weighted by Gasteiger charge is 2.68. The number of rotatable bonds is 10. The molecule has 0 aromatic heterocycles. The van der Waals surface area contributed by atoms with Gasteiger partial charge in [0.2, 0.25) is 0 Å². The lowest BCUT2D eigenvalue weighted by atomic mass is 9.33. The third-order valence-corrected chi connectivity index (χ3v) is 16.0. The molecule has 4 nitrogen and oxygen atoms in total. The lowest BCUT2D eigenvalue weighted by Crippen LogP contribution is -2.63. The summed E-state index contributed by atoms with van der Waals surface area (Å²) in [6.07, 6.45) is 17.7. The van der Waals surface area contributed by atoms with Gasteiger partial charge in [0.15, 0.2) is 0 Å². The zero-order valence-corrected chi connectivity index (χ0v) is 29.8. The smallest absolute Gasteiger partial charge is 0.0558 e. The molecule has 250 valence electrons. The number of allylic oxidation sites excluding steroid dienone is 2. The standard InChI is InChI=1S/C40H68N2O2/c1-28(41-21-22-42(23-25-43)24-26-44)40-19-17-35(2,3)27-32(40)31-11-12-34-37(6)15-13-30(29-9-10-29)36(4,5)33(37)14-16-39(34,8)38(31,7)18-20-40/h29-30,33-34,41,43-44H,1,9-27H2,2-8H3/t30-,33+,34-,37+,38-,39-,40-/m1/s1. The number of hydrogen-bond acceptors (Lipinski definition) is 4. The minimum absolute atomic E-state index is 0.0811. The average Bonchev–Trinajstić information content (AvgIpc) is 3.78. The van der Waals surface area contributed by atoms with E-state index < -0.39 is 0 Å². The van der Waals surface area contributed by atoms with Gasteiger partial charge in [-0.25, -0.2) is 0 Å².